The number of amides is 1. The molecule has 0 spiro atoms. The second kappa shape index (κ2) is 8.16. The van der Waals surface area contributed by atoms with Gasteiger partial charge in [-0.25, -0.2) is 5.43 Å². The minimum Gasteiger partial charge on any atom is -0.507 e. The van der Waals surface area contributed by atoms with Crippen LogP contribution in [0.1, 0.15) is 16.7 Å². The van der Waals surface area contributed by atoms with Crippen molar-refractivity contribution in [2.45, 2.75) is 12.6 Å². The summed E-state index contributed by atoms with van der Waals surface area (Å²) in [7, 11) is 0. The fourth-order valence-electron chi connectivity index (χ4n) is 2.07. The molecule has 27 heavy (non-hydrogen) atoms. The Bertz CT molecular complexity index is 916. The number of aromatic hydroxyl groups is 1. The van der Waals surface area contributed by atoms with Crippen LogP contribution in [0.4, 0.5) is 18.9 Å². The van der Waals surface area contributed by atoms with Gasteiger partial charge in [0.1, 0.15) is 5.75 Å². The van der Waals surface area contributed by atoms with Gasteiger partial charge in [-0.2, -0.15) is 18.3 Å². The van der Waals surface area contributed by atoms with Crippen LogP contribution >= 0.6 is 15.9 Å². The predicted octanol–water partition coefficient (Wildman–Crippen LogP) is 3.77. The zero-order chi connectivity index (χ0) is 20.2. The van der Waals surface area contributed by atoms with Gasteiger partial charge in [-0.1, -0.05) is 22.0 Å². The number of phenolic OH excluding ortho intramolecular Hbond substituents is 1. The number of rotatable bonds is 5. The molecule has 0 aliphatic carbocycles. The first-order valence-corrected chi connectivity index (χ1v) is 8.02. The van der Waals surface area contributed by atoms with Crippen molar-refractivity contribution < 1.29 is 28.0 Å². The molecule has 0 saturated carbocycles. The molecule has 2 aromatic rings. The van der Waals surface area contributed by atoms with Crippen molar-refractivity contribution in [3.05, 3.63) is 67.7 Å². The van der Waals surface area contributed by atoms with Gasteiger partial charge >= 0.3 is 6.18 Å². The number of hydrazone groups is 1. The number of nitrogens with zero attached hydrogens (tertiary/aromatic N) is 2. The fraction of sp³-hybridized carbons (Fsp3) is 0.125. The lowest BCUT2D eigenvalue weighted by molar-refractivity contribution is -0.385. The summed E-state index contributed by atoms with van der Waals surface area (Å²) in [5, 5.41) is 24.2. The predicted molar refractivity (Wildman–Crippen MR) is 93.3 cm³/mol. The molecule has 2 N–H and O–H groups in total. The van der Waals surface area contributed by atoms with Gasteiger partial charge in [0.15, 0.2) is 0 Å². The number of phenols is 1. The van der Waals surface area contributed by atoms with Crippen LogP contribution in [-0.2, 0) is 17.4 Å². The van der Waals surface area contributed by atoms with Crippen LogP contribution in [0.25, 0.3) is 0 Å². The summed E-state index contributed by atoms with van der Waals surface area (Å²) in [6, 6.07) is 6.45. The first-order valence-electron chi connectivity index (χ1n) is 7.23. The lowest BCUT2D eigenvalue weighted by Gasteiger charge is -2.08. The molecule has 0 aromatic heterocycles. The van der Waals surface area contributed by atoms with Gasteiger partial charge in [0.25, 0.3) is 5.69 Å². The number of benzene rings is 2. The van der Waals surface area contributed by atoms with Gasteiger partial charge in [0.2, 0.25) is 5.91 Å². The summed E-state index contributed by atoms with van der Waals surface area (Å²) in [4.78, 5) is 21.9. The zero-order valence-corrected chi connectivity index (χ0v) is 14.9. The maximum absolute atomic E-state index is 12.7. The van der Waals surface area contributed by atoms with Crippen molar-refractivity contribution in [2.75, 3.05) is 0 Å². The molecular formula is C16H11BrF3N3O4. The van der Waals surface area contributed by atoms with Crippen LogP contribution < -0.4 is 5.43 Å². The van der Waals surface area contributed by atoms with Gasteiger partial charge in [-0.3, -0.25) is 14.9 Å². The number of hydrogen-bond acceptors (Lipinski definition) is 5. The summed E-state index contributed by atoms with van der Waals surface area (Å²) < 4.78 is 38.7. The fourth-order valence-corrected chi connectivity index (χ4v) is 2.45. The number of carbonyl (C=O) groups excluding carboxylic acids is 1. The highest BCUT2D eigenvalue weighted by molar-refractivity contribution is 9.10. The van der Waals surface area contributed by atoms with Crippen molar-refractivity contribution in [2.24, 2.45) is 5.10 Å². The average molecular weight is 446 g/mol. The molecule has 1 amide bonds. The quantitative estimate of drug-likeness (QED) is 0.415. The normalized spacial score (nSPS) is 11.6. The van der Waals surface area contributed by atoms with Gasteiger partial charge in [0.05, 0.1) is 23.1 Å². The van der Waals surface area contributed by atoms with E-state index in [-0.39, 0.29) is 11.3 Å². The molecule has 11 heteroatoms. The third kappa shape index (κ3) is 5.51. The van der Waals surface area contributed by atoms with Crippen molar-refractivity contribution in [3.63, 3.8) is 0 Å². The molecule has 0 fully saturated rings. The van der Waals surface area contributed by atoms with Crippen molar-refractivity contribution in [1.82, 2.24) is 5.43 Å². The molecule has 0 aliphatic heterocycles. The minimum absolute atomic E-state index is 0.0884. The molecule has 2 aromatic carbocycles. The first-order chi connectivity index (χ1) is 12.6. The van der Waals surface area contributed by atoms with E-state index >= 15 is 0 Å². The van der Waals surface area contributed by atoms with E-state index in [9.17, 15) is 33.2 Å². The Morgan fingerprint density at radius 3 is 2.63 bits per heavy atom. The largest absolute Gasteiger partial charge is 0.507 e. The molecule has 142 valence electrons. The topological polar surface area (TPSA) is 105 Å². The van der Waals surface area contributed by atoms with Gasteiger partial charge < -0.3 is 5.11 Å². The first kappa shape index (κ1) is 20.4. The highest BCUT2D eigenvalue weighted by Crippen LogP contribution is 2.33. The van der Waals surface area contributed by atoms with E-state index in [1.165, 1.54) is 12.1 Å². The highest BCUT2D eigenvalue weighted by Gasteiger charge is 2.33. The highest BCUT2D eigenvalue weighted by atomic mass is 79.9. The number of hydrogen-bond donors (Lipinski definition) is 2. The Balaban J connectivity index is 2.12. The van der Waals surface area contributed by atoms with E-state index in [0.717, 1.165) is 12.3 Å². The summed E-state index contributed by atoms with van der Waals surface area (Å²) >= 11 is 3.20. The van der Waals surface area contributed by atoms with Crippen LogP contribution in [0.3, 0.4) is 0 Å². The van der Waals surface area contributed by atoms with Crippen molar-refractivity contribution >= 4 is 33.7 Å². The SMILES string of the molecule is O=C(Cc1ccc(C(F)(F)F)cc1[N+](=O)[O-])N/N=C\c1cc(Br)ccc1O. The molecule has 0 atom stereocenters. The standard InChI is InChI=1S/C16H11BrF3N3O4/c17-12-3-4-14(24)10(5-12)8-21-22-15(25)6-9-1-2-11(16(18,19)20)7-13(9)23(26)27/h1-5,7-8,24H,6H2,(H,22,25)/b21-8-. The second-order valence-corrected chi connectivity index (χ2v) is 6.19. The monoisotopic (exact) mass is 445 g/mol. The van der Waals surface area contributed by atoms with Gasteiger partial charge in [-0.15, -0.1) is 0 Å². The molecule has 0 bridgehead atoms. The minimum atomic E-state index is -4.73. The van der Waals surface area contributed by atoms with E-state index in [0.29, 0.717) is 22.2 Å². The van der Waals surface area contributed by atoms with Crippen molar-refractivity contribution in [3.8, 4) is 5.75 Å². The molecule has 0 saturated heterocycles. The zero-order valence-electron chi connectivity index (χ0n) is 13.3. The third-order valence-corrected chi connectivity index (χ3v) is 3.84. The molecule has 0 heterocycles. The Labute approximate surface area is 158 Å². The Morgan fingerprint density at radius 2 is 2.00 bits per heavy atom. The molecule has 0 radical (unpaired) electrons. The number of carbonyl (C=O) groups is 1. The van der Waals surface area contributed by atoms with Gasteiger partial charge in [0, 0.05) is 21.7 Å². The van der Waals surface area contributed by atoms with E-state index in [4.69, 9.17) is 0 Å². The number of nitro benzene ring substituents is 1. The summed E-state index contributed by atoms with van der Waals surface area (Å²) in [5.41, 5.74) is 0.214. The molecule has 7 nitrogen and oxygen atoms in total. The van der Waals surface area contributed by atoms with Crippen LogP contribution in [0.5, 0.6) is 5.75 Å². The summed E-state index contributed by atoms with van der Waals surface area (Å²) in [6.45, 7) is 0. The molecule has 0 aliphatic rings. The van der Waals surface area contributed by atoms with Crippen LogP contribution in [0.2, 0.25) is 0 Å². The van der Waals surface area contributed by atoms with Crippen molar-refractivity contribution in [1.29, 1.82) is 0 Å². The van der Waals surface area contributed by atoms with Crippen LogP contribution in [-0.4, -0.2) is 22.2 Å². The Hall–Kier alpha value is -2.95. The van der Waals surface area contributed by atoms with E-state index in [2.05, 4.69) is 26.5 Å². The number of halogens is 4. The summed E-state index contributed by atoms with van der Waals surface area (Å²) in [6.07, 6.45) is -4.13. The Kier molecular flexibility index (Phi) is 6.16. The summed E-state index contributed by atoms with van der Waals surface area (Å²) in [5.74, 6) is -0.863. The van der Waals surface area contributed by atoms with Crippen LogP contribution in [0.15, 0.2) is 46.0 Å². The molecule has 0 unspecified atom stereocenters. The number of alkyl halides is 3. The van der Waals surface area contributed by atoms with E-state index in [1.807, 2.05) is 0 Å². The maximum Gasteiger partial charge on any atom is 0.416 e. The third-order valence-electron chi connectivity index (χ3n) is 3.34. The van der Waals surface area contributed by atoms with Gasteiger partial charge in [-0.05, 0) is 24.3 Å². The molecular weight excluding hydrogens is 435 g/mol. The number of nitrogens with one attached hydrogen (secondary N) is 1. The average Bonchev–Trinajstić information content (AvgIpc) is 2.57. The maximum atomic E-state index is 12.7. The smallest absolute Gasteiger partial charge is 0.416 e. The lowest BCUT2D eigenvalue weighted by Crippen LogP contribution is -2.20. The molecule has 2 rings (SSSR count). The second-order valence-electron chi connectivity index (χ2n) is 5.27. The number of nitro groups is 1. The Morgan fingerprint density at radius 1 is 1.30 bits per heavy atom. The van der Waals surface area contributed by atoms with E-state index < -0.39 is 34.7 Å². The van der Waals surface area contributed by atoms with Crippen LogP contribution in [0, 0.1) is 10.1 Å². The lowest BCUT2D eigenvalue weighted by atomic mass is 10.1. The van der Waals surface area contributed by atoms with E-state index in [1.54, 1.807) is 6.07 Å².